The fourth-order valence-corrected chi connectivity index (χ4v) is 0.204. The fourth-order valence-electron chi connectivity index (χ4n) is 0.204. The second kappa shape index (κ2) is 4.22. The lowest BCUT2D eigenvalue weighted by atomic mass is 10.3. The lowest BCUT2D eigenvalue weighted by molar-refractivity contribution is 0.226. The predicted molar refractivity (Wildman–Crippen MR) is 33.0 cm³/mol. The molecule has 0 rings (SSSR count). The Kier molecular flexibility index (Phi) is 4.25. The van der Waals surface area contributed by atoms with Crippen molar-refractivity contribution in [1.82, 2.24) is 0 Å². The van der Waals surface area contributed by atoms with Crippen LogP contribution < -0.4 is 0 Å². The van der Waals surface area contributed by atoms with E-state index in [1.165, 1.54) is 0 Å². The van der Waals surface area contributed by atoms with E-state index in [1.807, 2.05) is 13.8 Å². The second-order valence-electron chi connectivity index (χ2n) is 1.62. The summed E-state index contributed by atoms with van der Waals surface area (Å²) in [6, 6.07) is 0. The Bertz CT molecular complexity index is 39.9. The van der Waals surface area contributed by atoms with E-state index in [1.54, 1.807) is 8.05 Å². The molecule has 4 heteroatoms. The van der Waals surface area contributed by atoms with Gasteiger partial charge < -0.3 is 9.23 Å². The average Bonchev–Trinajstić information content (AvgIpc) is 1.61. The van der Waals surface area contributed by atoms with Gasteiger partial charge in [-0.25, -0.2) is 0 Å². The lowest BCUT2D eigenvalue weighted by Crippen LogP contribution is -2.08. The van der Waals surface area contributed by atoms with Gasteiger partial charge in [0.05, 0.1) is 0 Å². The van der Waals surface area contributed by atoms with Gasteiger partial charge in [-0.15, -0.1) is 0 Å². The third-order valence-corrected chi connectivity index (χ3v) is 0.519. The van der Waals surface area contributed by atoms with Crippen LogP contribution in [0.15, 0.2) is 0 Å². The summed E-state index contributed by atoms with van der Waals surface area (Å²) < 4.78 is 9.60. The molecule has 0 aromatic heterocycles. The lowest BCUT2D eigenvalue weighted by Gasteiger charge is -2.02. The van der Waals surface area contributed by atoms with Crippen LogP contribution in [0.25, 0.3) is 0 Å². The van der Waals surface area contributed by atoms with Crippen molar-refractivity contribution in [3.63, 3.8) is 0 Å². The molecule has 40 valence electrons. The van der Waals surface area contributed by atoms with Crippen LogP contribution in [0.3, 0.4) is 0 Å². The first-order valence-corrected chi connectivity index (χ1v) is 2.38. The highest BCUT2D eigenvalue weighted by Crippen LogP contribution is 1.82. The van der Waals surface area contributed by atoms with Crippen molar-refractivity contribution in [1.29, 1.82) is 0 Å². The maximum Gasteiger partial charge on any atom is 0.422 e. The van der Waals surface area contributed by atoms with Crippen molar-refractivity contribution >= 4 is 15.7 Å². The van der Waals surface area contributed by atoms with Crippen molar-refractivity contribution in [3.8, 4) is 0 Å². The van der Waals surface area contributed by atoms with Gasteiger partial charge in [0.25, 0.3) is 0 Å². The van der Waals surface area contributed by atoms with Crippen molar-refractivity contribution in [2.75, 3.05) is 0 Å². The molecule has 0 aromatic rings. The van der Waals surface area contributed by atoms with Gasteiger partial charge in [0.1, 0.15) is 0 Å². The van der Waals surface area contributed by atoms with E-state index in [9.17, 15) is 0 Å². The van der Waals surface area contributed by atoms with E-state index in [0.717, 1.165) is 0 Å². The van der Waals surface area contributed by atoms with E-state index >= 15 is 0 Å². The van der Waals surface area contributed by atoms with Crippen molar-refractivity contribution < 1.29 is 9.23 Å². The van der Waals surface area contributed by atoms with Gasteiger partial charge >= 0.3 is 7.69 Å². The van der Waals surface area contributed by atoms with Gasteiger partial charge in [-0.2, -0.15) is 0 Å². The van der Waals surface area contributed by atoms with E-state index < -0.39 is 0 Å². The minimum Gasteiger partial charge on any atom is -0.483 e. The monoisotopic (exact) mass is 100 g/mol. The van der Waals surface area contributed by atoms with E-state index in [2.05, 4.69) is 4.57 Å². The predicted octanol–water partition coefficient (Wildman–Crippen LogP) is -0.757. The first-order chi connectivity index (χ1) is 3.27. The summed E-state index contributed by atoms with van der Waals surface area (Å²) in [5, 5.41) is 0. The van der Waals surface area contributed by atoms with Crippen LogP contribution in [0, 0.1) is 0 Å². The zero-order valence-corrected chi connectivity index (χ0v) is 5.10. The first kappa shape index (κ1) is 7.05. The van der Waals surface area contributed by atoms with Crippen LogP contribution in [0.1, 0.15) is 13.8 Å². The van der Waals surface area contributed by atoms with Gasteiger partial charge in [-0.05, 0) is 13.8 Å². The molecule has 2 nitrogen and oxygen atoms in total. The molecule has 0 N–H and O–H groups in total. The SMILES string of the molecule is BOBOC(C)C. The van der Waals surface area contributed by atoms with Crippen LogP contribution in [0.4, 0.5) is 0 Å². The smallest absolute Gasteiger partial charge is 0.422 e. The molecule has 0 unspecified atom stereocenters. The Hall–Kier alpha value is 0.0499. The quantitative estimate of drug-likeness (QED) is 0.434. The van der Waals surface area contributed by atoms with Gasteiger partial charge in [0.15, 0.2) is 0 Å². The van der Waals surface area contributed by atoms with Crippen LogP contribution in [0.2, 0.25) is 0 Å². The molecule has 0 heterocycles. The van der Waals surface area contributed by atoms with E-state index in [0.29, 0.717) is 7.69 Å². The van der Waals surface area contributed by atoms with Gasteiger partial charge in [-0.3, -0.25) is 0 Å². The Balaban J connectivity index is 2.68. The molecule has 0 amide bonds. The standard InChI is InChI=1S/C3H10B2O2/c1-3(2)6-5-7-4/h3,5H,4H2,1-2H3. The number of hydrogen-bond acceptors (Lipinski definition) is 2. The highest BCUT2D eigenvalue weighted by atomic mass is 16.6. The Labute approximate surface area is 45.9 Å². The molecular formula is C3H10B2O2. The summed E-state index contributed by atoms with van der Waals surface area (Å²) in [4.78, 5) is 0. The van der Waals surface area contributed by atoms with Crippen LogP contribution in [0.5, 0.6) is 0 Å². The molecule has 0 fully saturated rings. The summed E-state index contributed by atoms with van der Waals surface area (Å²) >= 11 is 0. The molecule has 0 saturated carbocycles. The first-order valence-electron chi connectivity index (χ1n) is 2.38. The van der Waals surface area contributed by atoms with Gasteiger partial charge in [-0.1, -0.05) is 0 Å². The minimum absolute atomic E-state index is 0.278. The van der Waals surface area contributed by atoms with Crippen molar-refractivity contribution in [2.24, 2.45) is 0 Å². The molecule has 7 heavy (non-hydrogen) atoms. The zero-order chi connectivity index (χ0) is 5.70. The highest BCUT2D eigenvalue weighted by Gasteiger charge is 1.90. The molecule has 0 radical (unpaired) electrons. The second-order valence-corrected chi connectivity index (χ2v) is 1.62. The molecule has 0 spiro atoms. The largest absolute Gasteiger partial charge is 0.483 e. The molecule has 0 aliphatic heterocycles. The summed E-state index contributed by atoms with van der Waals surface area (Å²) in [5.41, 5.74) is 0. The zero-order valence-electron chi connectivity index (χ0n) is 5.10. The molecule has 0 aliphatic carbocycles. The average molecular weight is 99.7 g/mol. The summed E-state index contributed by atoms with van der Waals surface area (Å²) in [6.45, 7) is 3.94. The maximum atomic E-state index is 4.97. The van der Waals surface area contributed by atoms with Crippen molar-refractivity contribution in [3.05, 3.63) is 0 Å². The molecule has 0 aromatic carbocycles. The third-order valence-electron chi connectivity index (χ3n) is 0.519. The molecule has 0 bridgehead atoms. The van der Waals surface area contributed by atoms with E-state index in [-0.39, 0.29) is 6.10 Å². The molecule has 0 atom stereocenters. The van der Waals surface area contributed by atoms with E-state index in [4.69, 9.17) is 4.65 Å². The Morgan fingerprint density at radius 3 is 2.29 bits per heavy atom. The number of rotatable bonds is 3. The minimum atomic E-state index is 0.278. The summed E-state index contributed by atoms with van der Waals surface area (Å²) in [6.07, 6.45) is 0.278. The maximum absolute atomic E-state index is 4.97. The van der Waals surface area contributed by atoms with Crippen LogP contribution in [-0.2, 0) is 9.23 Å². The molecular weight excluding hydrogens is 89.7 g/mol. The highest BCUT2D eigenvalue weighted by molar-refractivity contribution is 6.27. The van der Waals surface area contributed by atoms with Crippen LogP contribution in [-0.4, -0.2) is 21.8 Å². The number of hydrogen-bond donors (Lipinski definition) is 0. The summed E-state index contributed by atoms with van der Waals surface area (Å²) in [5.74, 6) is 0. The molecule has 0 saturated heterocycles. The van der Waals surface area contributed by atoms with Gasteiger partial charge in [0, 0.05) is 6.10 Å². The molecule has 0 aliphatic rings. The van der Waals surface area contributed by atoms with Crippen molar-refractivity contribution in [2.45, 2.75) is 20.0 Å². The summed E-state index contributed by atoms with van der Waals surface area (Å²) in [7, 11) is 2.01. The normalized spacial score (nSPS) is 9.57. The van der Waals surface area contributed by atoms with Crippen LogP contribution >= 0.6 is 0 Å². The Morgan fingerprint density at radius 2 is 2.14 bits per heavy atom. The van der Waals surface area contributed by atoms with Gasteiger partial charge in [0.2, 0.25) is 8.05 Å². The third kappa shape index (κ3) is 6.05. The topological polar surface area (TPSA) is 18.5 Å². The fraction of sp³-hybridized carbons (Fsp3) is 1.00. The Morgan fingerprint density at radius 1 is 1.57 bits per heavy atom.